The van der Waals surface area contributed by atoms with E-state index >= 15 is 0 Å². The van der Waals surface area contributed by atoms with Crippen LogP contribution in [0.5, 0.6) is 0 Å². The Bertz CT molecular complexity index is 681. The Balaban J connectivity index is 2.06. The molecule has 2 rings (SSSR count). The highest BCUT2D eigenvalue weighted by Gasteiger charge is 2.30. The van der Waals surface area contributed by atoms with Gasteiger partial charge >= 0.3 is 0 Å². The van der Waals surface area contributed by atoms with Crippen LogP contribution < -0.4 is 0 Å². The van der Waals surface area contributed by atoms with Crippen molar-refractivity contribution in [1.29, 1.82) is 0 Å². The molecule has 1 saturated heterocycles. The second-order valence-corrected chi connectivity index (χ2v) is 8.64. The van der Waals surface area contributed by atoms with Crippen molar-refractivity contribution in [2.24, 2.45) is 5.92 Å². The highest BCUT2D eigenvalue weighted by atomic mass is 35.5. The standard InChI is InChI=1S/C16H23ClN2O3S/c1-12(2)10-16(20)18-6-8-19(9-7-18)23(21,22)14-5-4-13(3)15(17)11-14/h4-5,11-12H,6-10H2,1-3H3. The number of sulfonamides is 1. The number of halogens is 1. The molecule has 1 aliphatic rings. The van der Waals surface area contributed by atoms with Gasteiger partial charge in [-0.05, 0) is 30.5 Å². The van der Waals surface area contributed by atoms with Crippen LogP contribution in [0.4, 0.5) is 0 Å². The summed E-state index contributed by atoms with van der Waals surface area (Å²) in [6, 6.07) is 4.77. The molecule has 0 bridgehead atoms. The molecule has 128 valence electrons. The van der Waals surface area contributed by atoms with Gasteiger partial charge in [-0.15, -0.1) is 0 Å². The monoisotopic (exact) mass is 358 g/mol. The highest BCUT2D eigenvalue weighted by Crippen LogP contribution is 2.23. The first-order valence-electron chi connectivity index (χ1n) is 7.76. The molecule has 1 amide bonds. The number of carbonyl (C=O) groups is 1. The Labute approximate surface area is 143 Å². The third-order valence-electron chi connectivity index (χ3n) is 3.96. The van der Waals surface area contributed by atoms with E-state index in [4.69, 9.17) is 11.6 Å². The molecule has 0 unspecified atom stereocenters. The first-order chi connectivity index (χ1) is 10.7. The third kappa shape index (κ3) is 4.25. The number of rotatable bonds is 4. The predicted molar refractivity (Wildman–Crippen MR) is 91.0 cm³/mol. The Hall–Kier alpha value is -1.11. The van der Waals surface area contributed by atoms with Crippen molar-refractivity contribution in [2.45, 2.75) is 32.1 Å². The molecular formula is C16H23ClN2O3S. The maximum Gasteiger partial charge on any atom is 0.243 e. The fourth-order valence-corrected chi connectivity index (χ4v) is 4.23. The van der Waals surface area contributed by atoms with Crippen molar-refractivity contribution in [3.05, 3.63) is 28.8 Å². The summed E-state index contributed by atoms with van der Waals surface area (Å²) in [6.07, 6.45) is 0.500. The average Bonchev–Trinajstić information content (AvgIpc) is 2.49. The largest absolute Gasteiger partial charge is 0.340 e. The molecule has 0 saturated carbocycles. The first-order valence-corrected chi connectivity index (χ1v) is 9.57. The molecule has 0 spiro atoms. The van der Waals surface area contributed by atoms with Crippen LogP contribution in [-0.2, 0) is 14.8 Å². The minimum absolute atomic E-state index is 0.0930. The van der Waals surface area contributed by atoms with Gasteiger partial charge in [0.25, 0.3) is 0 Å². The zero-order valence-corrected chi connectivity index (χ0v) is 15.3. The number of hydrogen-bond acceptors (Lipinski definition) is 3. The van der Waals surface area contributed by atoms with Crippen molar-refractivity contribution < 1.29 is 13.2 Å². The lowest BCUT2D eigenvalue weighted by molar-refractivity contribution is -0.133. The fourth-order valence-electron chi connectivity index (χ4n) is 2.54. The van der Waals surface area contributed by atoms with Gasteiger partial charge in [0.05, 0.1) is 4.90 Å². The van der Waals surface area contributed by atoms with E-state index in [0.717, 1.165) is 5.56 Å². The summed E-state index contributed by atoms with van der Waals surface area (Å²) in [5.41, 5.74) is 0.842. The zero-order valence-electron chi connectivity index (χ0n) is 13.8. The molecule has 23 heavy (non-hydrogen) atoms. The number of benzene rings is 1. The Morgan fingerprint density at radius 3 is 2.35 bits per heavy atom. The predicted octanol–water partition coefficient (Wildman–Crippen LogP) is 2.53. The number of carbonyl (C=O) groups excluding carboxylic acids is 1. The van der Waals surface area contributed by atoms with Crippen molar-refractivity contribution in [2.75, 3.05) is 26.2 Å². The summed E-state index contributed by atoms with van der Waals surface area (Å²) < 4.78 is 26.8. The average molecular weight is 359 g/mol. The topological polar surface area (TPSA) is 57.7 Å². The van der Waals surface area contributed by atoms with E-state index in [0.29, 0.717) is 43.5 Å². The van der Waals surface area contributed by atoms with Gasteiger partial charge in [-0.2, -0.15) is 4.31 Å². The molecule has 0 N–H and O–H groups in total. The molecule has 7 heteroatoms. The van der Waals surface area contributed by atoms with Gasteiger partial charge in [-0.3, -0.25) is 4.79 Å². The van der Waals surface area contributed by atoms with E-state index in [1.54, 1.807) is 17.0 Å². The quantitative estimate of drug-likeness (QED) is 0.831. The highest BCUT2D eigenvalue weighted by molar-refractivity contribution is 7.89. The minimum atomic E-state index is -3.56. The Morgan fingerprint density at radius 1 is 1.22 bits per heavy atom. The van der Waals surface area contributed by atoms with Crippen LogP contribution in [0, 0.1) is 12.8 Å². The molecule has 0 aliphatic carbocycles. The lowest BCUT2D eigenvalue weighted by Gasteiger charge is -2.34. The van der Waals surface area contributed by atoms with Crippen LogP contribution in [0.15, 0.2) is 23.1 Å². The van der Waals surface area contributed by atoms with Gasteiger partial charge in [-0.25, -0.2) is 8.42 Å². The van der Waals surface area contributed by atoms with Gasteiger partial charge < -0.3 is 4.90 Å². The first kappa shape index (κ1) is 18.2. The smallest absolute Gasteiger partial charge is 0.243 e. The Kier molecular flexibility index (Phi) is 5.70. The molecular weight excluding hydrogens is 336 g/mol. The lowest BCUT2D eigenvalue weighted by Crippen LogP contribution is -2.50. The number of amides is 1. The molecule has 0 aromatic heterocycles. The summed E-state index contributed by atoms with van der Waals surface area (Å²) in [5, 5.41) is 0.442. The van der Waals surface area contributed by atoms with E-state index in [-0.39, 0.29) is 10.8 Å². The van der Waals surface area contributed by atoms with Gasteiger partial charge in [0.2, 0.25) is 15.9 Å². The van der Waals surface area contributed by atoms with Crippen LogP contribution in [0.3, 0.4) is 0 Å². The van der Waals surface area contributed by atoms with Crippen molar-refractivity contribution in [3.8, 4) is 0 Å². The van der Waals surface area contributed by atoms with Crippen LogP contribution in [0.25, 0.3) is 0 Å². The number of piperazine rings is 1. The van der Waals surface area contributed by atoms with Crippen LogP contribution in [-0.4, -0.2) is 49.7 Å². The Morgan fingerprint density at radius 2 is 1.83 bits per heavy atom. The van der Waals surface area contributed by atoms with Crippen LogP contribution >= 0.6 is 11.6 Å². The fraction of sp³-hybridized carbons (Fsp3) is 0.562. The van der Waals surface area contributed by atoms with E-state index in [9.17, 15) is 13.2 Å². The maximum atomic E-state index is 12.7. The molecule has 0 radical (unpaired) electrons. The number of hydrogen-bond donors (Lipinski definition) is 0. The van der Waals surface area contributed by atoms with Crippen molar-refractivity contribution in [3.63, 3.8) is 0 Å². The van der Waals surface area contributed by atoms with Crippen molar-refractivity contribution >= 4 is 27.5 Å². The third-order valence-corrected chi connectivity index (χ3v) is 6.26. The van der Waals surface area contributed by atoms with Gasteiger partial charge in [-0.1, -0.05) is 31.5 Å². The van der Waals surface area contributed by atoms with E-state index < -0.39 is 10.0 Å². The zero-order chi connectivity index (χ0) is 17.2. The van der Waals surface area contributed by atoms with Gasteiger partial charge in [0.1, 0.15) is 0 Å². The minimum Gasteiger partial charge on any atom is -0.340 e. The van der Waals surface area contributed by atoms with Crippen LogP contribution in [0.2, 0.25) is 5.02 Å². The van der Waals surface area contributed by atoms with E-state index in [2.05, 4.69) is 0 Å². The SMILES string of the molecule is Cc1ccc(S(=O)(=O)N2CCN(C(=O)CC(C)C)CC2)cc1Cl. The molecule has 1 aromatic carbocycles. The second kappa shape index (κ2) is 7.20. The summed E-state index contributed by atoms with van der Waals surface area (Å²) in [4.78, 5) is 14.0. The number of aryl methyl sites for hydroxylation is 1. The molecule has 1 aromatic rings. The molecule has 5 nitrogen and oxygen atoms in total. The van der Waals surface area contributed by atoms with E-state index in [1.807, 2.05) is 20.8 Å². The van der Waals surface area contributed by atoms with Crippen LogP contribution in [0.1, 0.15) is 25.8 Å². The summed E-state index contributed by atoms with van der Waals surface area (Å²) in [7, 11) is -3.56. The van der Waals surface area contributed by atoms with Gasteiger partial charge in [0, 0.05) is 37.6 Å². The van der Waals surface area contributed by atoms with E-state index in [1.165, 1.54) is 10.4 Å². The maximum absolute atomic E-state index is 12.7. The van der Waals surface area contributed by atoms with Crippen molar-refractivity contribution in [1.82, 2.24) is 9.21 Å². The second-order valence-electron chi connectivity index (χ2n) is 6.29. The number of nitrogens with zero attached hydrogens (tertiary/aromatic N) is 2. The summed E-state index contributed by atoms with van der Waals surface area (Å²) >= 11 is 6.04. The van der Waals surface area contributed by atoms with Gasteiger partial charge in [0.15, 0.2) is 0 Å². The molecule has 1 fully saturated rings. The molecule has 1 aliphatic heterocycles. The lowest BCUT2D eigenvalue weighted by atomic mass is 10.1. The molecule has 1 heterocycles. The summed E-state index contributed by atoms with van der Waals surface area (Å²) in [6.45, 7) is 7.33. The molecule has 0 atom stereocenters. The summed E-state index contributed by atoms with van der Waals surface area (Å²) in [5.74, 6) is 0.398. The normalized spacial score (nSPS) is 16.8.